The van der Waals surface area contributed by atoms with Crippen molar-refractivity contribution in [3.63, 3.8) is 0 Å². The van der Waals surface area contributed by atoms with Crippen LogP contribution in [0, 0.1) is 5.92 Å². The van der Waals surface area contributed by atoms with E-state index in [0.29, 0.717) is 31.1 Å². The van der Waals surface area contributed by atoms with Crippen LogP contribution in [0.5, 0.6) is 5.75 Å². The molecule has 6 heteroatoms. The lowest BCUT2D eigenvalue weighted by Crippen LogP contribution is -2.29. The van der Waals surface area contributed by atoms with Gasteiger partial charge in [-0.3, -0.25) is 9.59 Å². The molecule has 0 saturated heterocycles. The van der Waals surface area contributed by atoms with Gasteiger partial charge in [0, 0.05) is 6.42 Å². The number of unbranched alkanes of at least 4 members (excludes halogenated alkanes) is 1. The van der Waals surface area contributed by atoms with E-state index in [1.165, 1.54) is 5.56 Å². The molecule has 0 amide bonds. The van der Waals surface area contributed by atoms with Crippen LogP contribution in [-0.4, -0.2) is 29.6 Å². The molecule has 0 aliphatic carbocycles. The lowest BCUT2D eigenvalue weighted by Gasteiger charge is -2.06. The van der Waals surface area contributed by atoms with Crippen molar-refractivity contribution in [1.29, 1.82) is 0 Å². The van der Waals surface area contributed by atoms with Gasteiger partial charge in [-0.25, -0.2) is 0 Å². The molecule has 1 atom stereocenters. The fourth-order valence-electron chi connectivity index (χ4n) is 2.00. The van der Waals surface area contributed by atoms with Gasteiger partial charge in [-0.1, -0.05) is 39.3 Å². The molecule has 6 nitrogen and oxygen atoms in total. The number of aliphatic carboxylic acids is 1. The molecule has 25 heavy (non-hydrogen) atoms. The maximum absolute atomic E-state index is 11.0. The highest BCUT2D eigenvalue weighted by molar-refractivity contribution is 5.73. The number of carbonyl (C=O) groups excluding carboxylic acids is 1. The fraction of sp³-hybridized carbons (Fsp3) is 0.579. The normalized spacial score (nSPS) is 11.4. The first-order valence-corrected chi connectivity index (χ1v) is 8.78. The molecule has 0 unspecified atom stereocenters. The maximum Gasteiger partial charge on any atom is 0.320 e. The van der Waals surface area contributed by atoms with Gasteiger partial charge >= 0.3 is 11.9 Å². The molecule has 0 aromatic heterocycles. The van der Waals surface area contributed by atoms with Gasteiger partial charge in [0.05, 0.1) is 0 Å². The van der Waals surface area contributed by atoms with Crippen molar-refractivity contribution in [2.45, 2.75) is 58.9 Å². The Morgan fingerprint density at radius 3 is 2.20 bits per heavy atom. The van der Waals surface area contributed by atoms with Crippen molar-refractivity contribution < 1.29 is 19.4 Å². The van der Waals surface area contributed by atoms with Crippen molar-refractivity contribution >= 4 is 11.9 Å². The lowest BCUT2D eigenvalue weighted by molar-refractivity contribution is -0.138. The third kappa shape index (κ3) is 12.1. The zero-order valence-corrected chi connectivity index (χ0v) is 15.5. The van der Waals surface area contributed by atoms with E-state index in [4.69, 9.17) is 21.3 Å². The fourth-order valence-corrected chi connectivity index (χ4v) is 2.00. The third-order valence-corrected chi connectivity index (χ3v) is 3.37. The average molecular weight is 352 g/mol. The molecule has 0 aliphatic rings. The summed E-state index contributed by atoms with van der Waals surface area (Å²) in [6.07, 6.45) is 3.63. The predicted octanol–water partition coefficient (Wildman–Crippen LogP) is 2.73. The molecule has 0 aliphatic heterocycles. The van der Waals surface area contributed by atoms with Gasteiger partial charge in [-0.05, 0) is 49.4 Å². The van der Waals surface area contributed by atoms with Gasteiger partial charge in [-0.2, -0.15) is 0 Å². The zero-order chi connectivity index (χ0) is 19.2. The predicted molar refractivity (Wildman–Crippen MR) is 99.4 cm³/mol. The molecule has 0 fully saturated rings. The standard InChI is InChI=1S/C13H18O2.C6H14N2O2/c1-4-13(14)15-12-7-5-11(6-8-12)9-10(2)3;7-4-2-1-3-5(8)6(9)10/h5-8,10H,4,9H2,1-3H3;5H,1-4,7-8H2,(H,9,10)/t;5-/m.0/s1. The summed E-state index contributed by atoms with van der Waals surface area (Å²) in [5, 5.41) is 8.33. The first-order chi connectivity index (χ1) is 11.8. The van der Waals surface area contributed by atoms with Crippen LogP contribution in [0.3, 0.4) is 0 Å². The van der Waals surface area contributed by atoms with Crippen molar-refractivity contribution in [1.82, 2.24) is 0 Å². The number of carbonyl (C=O) groups is 2. The number of benzene rings is 1. The first-order valence-electron chi connectivity index (χ1n) is 8.78. The Morgan fingerprint density at radius 2 is 1.76 bits per heavy atom. The summed E-state index contributed by atoms with van der Waals surface area (Å²) in [6.45, 7) is 6.76. The second-order valence-corrected chi connectivity index (χ2v) is 6.30. The van der Waals surface area contributed by atoms with Gasteiger partial charge in [-0.15, -0.1) is 0 Å². The Bertz CT molecular complexity index is 501. The van der Waals surface area contributed by atoms with Crippen molar-refractivity contribution in [3.05, 3.63) is 29.8 Å². The number of hydrogen-bond acceptors (Lipinski definition) is 5. The van der Waals surface area contributed by atoms with E-state index in [1.807, 2.05) is 24.3 Å². The van der Waals surface area contributed by atoms with Crippen LogP contribution in [0.1, 0.15) is 52.0 Å². The highest BCUT2D eigenvalue weighted by Crippen LogP contribution is 2.15. The molecular weight excluding hydrogens is 320 g/mol. The van der Waals surface area contributed by atoms with Gasteiger partial charge in [0.2, 0.25) is 0 Å². The van der Waals surface area contributed by atoms with Crippen LogP contribution in [0.25, 0.3) is 0 Å². The number of carboxylic acid groups (broad SMARTS) is 1. The van der Waals surface area contributed by atoms with E-state index in [2.05, 4.69) is 13.8 Å². The first kappa shape index (κ1) is 23.1. The van der Waals surface area contributed by atoms with E-state index >= 15 is 0 Å². The van der Waals surface area contributed by atoms with Crippen LogP contribution in [0.15, 0.2) is 24.3 Å². The quantitative estimate of drug-likeness (QED) is 0.357. The molecule has 0 heterocycles. The smallest absolute Gasteiger partial charge is 0.320 e. The molecule has 0 radical (unpaired) electrons. The van der Waals surface area contributed by atoms with Gasteiger partial charge in [0.1, 0.15) is 11.8 Å². The minimum absolute atomic E-state index is 0.188. The van der Waals surface area contributed by atoms with Gasteiger partial charge in [0.25, 0.3) is 0 Å². The zero-order valence-electron chi connectivity index (χ0n) is 15.5. The molecule has 1 aromatic rings. The second-order valence-electron chi connectivity index (χ2n) is 6.30. The Balaban J connectivity index is 0.000000504. The van der Waals surface area contributed by atoms with Crippen LogP contribution in [0.4, 0.5) is 0 Å². The summed E-state index contributed by atoms with van der Waals surface area (Å²) in [4.78, 5) is 21.2. The third-order valence-electron chi connectivity index (χ3n) is 3.37. The number of rotatable bonds is 9. The number of esters is 1. The van der Waals surface area contributed by atoms with Crippen molar-refractivity contribution in [2.24, 2.45) is 17.4 Å². The van der Waals surface area contributed by atoms with Crippen LogP contribution >= 0.6 is 0 Å². The second kappa shape index (κ2) is 13.4. The van der Waals surface area contributed by atoms with E-state index in [1.54, 1.807) is 6.92 Å². The Kier molecular flexibility index (Phi) is 12.4. The summed E-state index contributed by atoms with van der Waals surface area (Å²) in [6, 6.07) is 7.01. The monoisotopic (exact) mass is 352 g/mol. The van der Waals surface area contributed by atoms with Crippen molar-refractivity contribution in [3.8, 4) is 5.75 Å². The van der Waals surface area contributed by atoms with E-state index in [0.717, 1.165) is 19.3 Å². The van der Waals surface area contributed by atoms with Crippen molar-refractivity contribution in [2.75, 3.05) is 6.54 Å². The Morgan fingerprint density at radius 1 is 1.16 bits per heavy atom. The van der Waals surface area contributed by atoms with E-state index in [9.17, 15) is 9.59 Å². The molecular formula is C19H32N2O4. The minimum atomic E-state index is -0.933. The van der Waals surface area contributed by atoms with E-state index in [-0.39, 0.29) is 5.97 Å². The van der Waals surface area contributed by atoms with Crippen LogP contribution in [-0.2, 0) is 16.0 Å². The summed E-state index contributed by atoms with van der Waals surface area (Å²) in [5.41, 5.74) is 11.7. The topological polar surface area (TPSA) is 116 Å². The van der Waals surface area contributed by atoms with Gasteiger partial charge in [0.15, 0.2) is 0 Å². The summed E-state index contributed by atoms with van der Waals surface area (Å²) in [5.74, 6) is 0.159. The number of carboxylic acids is 1. The average Bonchev–Trinajstić information content (AvgIpc) is 2.56. The summed E-state index contributed by atoms with van der Waals surface area (Å²) >= 11 is 0. The molecule has 1 rings (SSSR count). The SMILES string of the molecule is CCC(=O)Oc1ccc(CC(C)C)cc1.NCCCC[C@H](N)C(=O)O. The Hall–Kier alpha value is -1.92. The van der Waals surface area contributed by atoms with Crippen LogP contribution in [0.2, 0.25) is 0 Å². The Labute approximate surface area is 150 Å². The summed E-state index contributed by atoms with van der Waals surface area (Å²) in [7, 11) is 0. The maximum atomic E-state index is 11.0. The lowest BCUT2D eigenvalue weighted by atomic mass is 10.0. The van der Waals surface area contributed by atoms with Crippen LogP contribution < -0.4 is 16.2 Å². The number of nitrogens with two attached hydrogens (primary N) is 2. The minimum Gasteiger partial charge on any atom is -0.480 e. The number of ether oxygens (including phenoxy) is 1. The summed E-state index contributed by atoms with van der Waals surface area (Å²) < 4.78 is 5.08. The molecule has 0 bridgehead atoms. The molecule has 142 valence electrons. The van der Waals surface area contributed by atoms with E-state index < -0.39 is 12.0 Å². The highest BCUT2D eigenvalue weighted by Gasteiger charge is 2.09. The highest BCUT2D eigenvalue weighted by atomic mass is 16.5. The molecule has 0 saturated carbocycles. The molecule has 0 spiro atoms. The molecule has 1 aromatic carbocycles. The van der Waals surface area contributed by atoms with Gasteiger partial charge < -0.3 is 21.3 Å². The molecule has 5 N–H and O–H groups in total. The number of hydrogen-bond donors (Lipinski definition) is 3. The largest absolute Gasteiger partial charge is 0.480 e.